The number of benzene rings is 3. The van der Waals surface area contributed by atoms with Gasteiger partial charge >= 0.3 is 6.03 Å². The first-order chi connectivity index (χ1) is 20.1. The number of hydrogen-bond acceptors (Lipinski definition) is 5. The Morgan fingerprint density at radius 2 is 1.62 bits per heavy atom. The van der Waals surface area contributed by atoms with E-state index < -0.39 is 0 Å². The van der Waals surface area contributed by atoms with Crippen LogP contribution in [0.15, 0.2) is 85.1 Å². The SMILES string of the molecule is CC(=O)Nc1cc(COc2ccc(NC(=O)Nc3cc(C(C)(C)C)nn3-c3ccc(C)cc3)c3ccccc23)ccn1. The van der Waals surface area contributed by atoms with Gasteiger partial charge in [0.1, 0.15) is 24.0 Å². The van der Waals surface area contributed by atoms with Gasteiger partial charge in [-0.2, -0.15) is 5.10 Å². The summed E-state index contributed by atoms with van der Waals surface area (Å²) < 4.78 is 7.90. The minimum Gasteiger partial charge on any atom is -0.488 e. The van der Waals surface area contributed by atoms with Crippen molar-refractivity contribution in [3.05, 3.63) is 102 Å². The third-order valence-corrected chi connectivity index (χ3v) is 6.65. The van der Waals surface area contributed by atoms with Crippen LogP contribution in [0.1, 0.15) is 44.5 Å². The molecule has 0 aliphatic heterocycles. The van der Waals surface area contributed by atoms with Crippen LogP contribution in [-0.4, -0.2) is 26.7 Å². The lowest BCUT2D eigenvalue weighted by molar-refractivity contribution is -0.114. The highest BCUT2D eigenvalue weighted by molar-refractivity contribution is 6.07. The number of nitrogens with one attached hydrogen (secondary N) is 3. The Kier molecular flexibility index (Phi) is 7.93. The first kappa shape index (κ1) is 28.4. The quantitative estimate of drug-likeness (QED) is 0.194. The fraction of sp³-hybridized carbons (Fsp3) is 0.212. The number of aromatic nitrogens is 3. The zero-order valence-corrected chi connectivity index (χ0v) is 24.4. The maximum absolute atomic E-state index is 13.3. The maximum Gasteiger partial charge on any atom is 0.324 e. The summed E-state index contributed by atoms with van der Waals surface area (Å²) in [7, 11) is 0. The minimum atomic E-state index is -0.384. The van der Waals surface area contributed by atoms with E-state index in [1.54, 1.807) is 16.9 Å². The molecule has 0 saturated heterocycles. The maximum atomic E-state index is 13.3. The highest BCUT2D eigenvalue weighted by Gasteiger charge is 2.22. The van der Waals surface area contributed by atoms with Gasteiger partial charge < -0.3 is 15.4 Å². The summed E-state index contributed by atoms with van der Waals surface area (Å²) in [5, 5.41) is 15.2. The first-order valence-electron chi connectivity index (χ1n) is 13.7. The van der Waals surface area contributed by atoms with E-state index in [-0.39, 0.29) is 24.0 Å². The second kappa shape index (κ2) is 11.7. The third-order valence-electron chi connectivity index (χ3n) is 6.65. The molecule has 0 bridgehead atoms. The van der Waals surface area contributed by atoms with Gasteiger partial charge in [0, 0.05) is 35.4 Å². The Morgan fingerprint density at radius 3 is 2.33 bits per heavy atom. The molecule has 3 aromatic carbocycles. The molecule has 9 nitrogen and oxygen atoms in total. The Labute approximate surface area is 244 Å². The molecular weight excluding hydrogens is 528 g/mol. The Morgan fingerprint density at radius 1 is 0.881 bits per heavy atom. The average molecular weight is 563 g/mol. The summed E-state index contributed by atoms with van der Waals surface area (Å²) in [4.78, 5) is 28.8. The van der Waals surface area contributed by atoms with Crippen molar-refractivity contribution in [2.24, 2.45) is 0 Å². The molecule has 2 aromatic heterocycles. The molecule has 5 rings (SSSR count). The summed E-state index contributed by atoms with van der Waals surface area (Å²) in [5.41, 5.74) is 4.17. The lowest BCUT2D eigenvalue weighted by Gasteiger charge is -2.15. The second-order valence-electron chi connectivity index (χ2n) is 11.2. The highest BCUT2D eigenvalue weighted by atomic mass is 16.5. The summed E-state index contributed by atoms with van der Waals surface area (Å²) >= 11 is 0. The third kappa shape index (κ3) is 6.58. The van der Waals surface area contributed by atoms with Gasteiger partial charge in [0.15, 0.2) is 0 Å². The van der Waals surface area contributed by atoms with Gasteiger partial charge in [-0.05, 0) is 48.9 Å². The van der Waals surface area contributed by atoms with Gasteiger partial charge in [-0.3, -0.25) is 10.1 Å². The molecule has 3 N–H and O–H groups in total. The van der Waals surface area contributed by atoms with Crippen molar-refractivity contribution in [1.29, 1.82) is 0 Å². The van der Waals surface area contributed by atoms with E-state index in [1.807, 2.05) is 79.7 Å². The van der Waals surface area contributed by atoms with E-state index in [4.69, 9.17) is 9.84 Å². The van der Waals surface area contributed by atoms with Crippen LogP contribution >= 0.6 is 0 Å². The Hall–Kier alpha value is -5.18. The van der Waals surface area contributed by atoms with Crippen LogP contribution in [0, 0.1) is 6.92 Å². The lowest BCUT2D eigenvalue weighted by Crippen LogP contribution is -2.21. The number of anilines is 3. The normalized spacial score (nSPS) is 11.3. The van der Waals surface area contributed by atoms with Gasteiger partial charge in [0.25, 0.3) is 0 Å². The number of pyridine rings is 1. The van der Waals surface area contributed by atoms with E-state index in [1.165, 1.54) is 6.92 Å². The van der Waals surface area contributed by atoms with Crippen LogP contribution < -0.4 is 20.7 Å². The van der Waals surface area contributed by atoms with Crippen molar-refractivity contribution in [1.82, 2.24) is 14.8 Å². The monoisotopic (exact) mass is 562 g/mol. The number of hydrogen-bond donors (Lipinski definition) is 3. The molecule has 3 amide bonds. The molecule has 0 saturated carbocycles. The molecule has 0 unspecified atom stereocenters. The molecule has 42 heavy (non-hydrogen) atoms. The first-order valence-corrected chi connectivity index (χ1v) is 13.7. The van der Waals surface area contributed by atoms with Crippen LogP contribution in [-0.2, 0) is 16.8 Å². The summed E-state index contributed by atoms with van der Waals surface area (Å²) in [6.07, 6.45) is 1.63. The van der Waals surface area contributed by atoms with Gasteiger partial charge in [0.2, 0.25) is 5.91 Å². The molecule has 0 spiro atoms. The number of urea groups is 1. The van der Waals surface area contributed by atoms with Gasteiger partial charge in [-0.1, -0.05) is 62.7 Å². The predicted molar refractivity (Wildman–Crippen MR) is 166 cm³/mol. The number of amides is 3. The smallest absolute Gasteiger partial charge is 0.324 e. The largest absolute Gasteiger partial charge is 0.488 e. The van der Waals surface area contributed by atoms with Crippen molar-refractivity contribution >= 4 is 40.0 Å². The van der Waals surface area contributed by atoms with E-state index in [9.17, 15) is 9.59 Å². The molecule has 0 atom stereocenters. The standard InChI is InChI=1S/C33H34N6O3/c1-21-10-12-24(13-11-21)39-31(19-29(38-39)33(3,4)5)37-32(41)36-27-14-15-28(26-9-7-6-8-25(26)27)42-20-23-16-17-34-30(18-23)35-22(2)40/h6-19H,20H2,1-5H3,(H,34,35,40)(H2,36,37,41). The van der Waals surface area contributed by atoms with E-state index in [2.05, 4.69) is 41.7 Å². The van der Waals surface area contributed by atoms with Crippen molar-refractivity contribution < 1.29 is 14.3 Å². The van der Waals surface area contributed by atoms with Gasteiger partial charge in [-0.25, -0.2) is 14.5 Å². The second-order valence-corrected chi connectivity index (χ2v) is 11.2. The molecule has 0 aliphatic carbocycles. The molecule has 0 radical (unpaired) electrons. The Balaban J connectivity index is 1.36. The molecule has 0 fully saturated rings. The van der Waals surface area contributed by atoms with Crippen LogP contribution in [0.3, 0.4) is 0 Å². The van der Waals surface area contributed by atoms with Crippen LogP contribution in [0.25, 0.3) is 16.5 Å². The van der Waals surface area contributed by atoms with Crippen molar-refractivity contribution in [2.75, 3.05) is 16.0 Å². The van der Waals surface area contributed by atoms with Crippen molar-refractivity contribution in [2.45, 2.75) is 46.6 Å². The highest BCUT2D eigenvalue weighted by Crippen LogP contribution is 2.33. The fourth-order valence-electron chi connectivity index (χ4n) is 4.47. The number of carbonyl (C=O) groups is 2. The van der Waals surface area contributed by atoms with Gasteiger partial charge in [0.05, 0.1) is 17.1 Å². The molecule has 2 heterocycles. The van der Waals surface area contributed by atoms with Crippen molar-refractivity contribution in [3.63, 3.8) is 0 Å². The van der Waals surface area contributed by atoms with Crippen LogP contribution in [0.4, 0.5) is 22.1 Å². The number of rotatable bonds is 7. The summed E-state index contributed by atoms with van der Waals surface area (Å²) in [5.74, 6) is 1.52. The number of nitrogens with zero attached hydrogens (tertiary/aromatic N) is 3. The summed E-state index contributed by atoms with van der Waals surface area (Å²) in [6, 6.07) is 24.5. The van der Waals surface area contributed by atoms with Crippen LogP contribution in [0.2, 0.25) is 0 Å². The molecular formula is C33H34N6O3. The Bertz CT molecular complexity index is 1750. The molecule has 0 aliphatic rings. The summed E-state index contributed by atoms with van der Waals surface area (Å²) in [6.45, 7) is 10.0. The number of aryl methyl sites for hydroxylation is 1. The topological polar surface area (TPSA) is 110 Å². The zero-order chi connectivity index (χ0) is 29.9. The number of carbonyl (C=O) groups excluding carboxylic acids is 2. The van der Waals surface area contributed by atoms with Crippen LogP contribution in [0.5, 0.6) is 5.75 Å². The zero-order valence-electron chi connectivity index (χ0n) is 24.4. The van der Waals surface area contributed by atoms with E-state index >= 15 is 0 Å². The lowest BCUT2D eigenvalue weighted by atomic mass is 9.92. The van der Waals surface area contributed by atoms with Gasteiger partial charge in [-0.15, -0.1) is 0 Å². The molecule has 5 aromatic rings. The predicted octanol–water partition coefficient (Wildman–Crippen LogP) is 7.21. The average Bonchev–Trinajstić information content (AvgIpc) is 3.37. The number of fused-ring (bicyclic) bond motifs is 1. The van der Waals surface area contributed by atoms with E-state index in [0.29, 0.717) is 23.1 Å². The van der Waals surface area contributed by atoms with E-state index in [0.717, 1.165) is 33.3 Å². The molecule has 214 valence electrons. The molecule has 9 heteroatoms. The fourth-order valence-corrected chi connectivity index (χ4v) is 4.47. The minimum absolute atomic E-state index is 0.187. The number of ether oxygens (including phenoxy) is 1. The van der Waals surface area contributed by atoms with Crippen molar-refractivity contribution in [3.8, 4) is 11.4 Å².